The zero-order chi connectivity index (χ0) is 20.1. The van der Waals surface area contributed by atoms with E-state index in [0.29, 0.717) is 6.54 Å². The minimum absolute atomic E-state index is 0.00474. The van der Waals surface area contributed by atoms with E-state index >= 15 is 0 Å². The summed E-state index contributed by atoms with van der Waals surface area (Å²) in [5.74, 6) is 0.00474. The maximum atomic E-state index is 12.9. The summed E-state index contributed by atoms with van der Waals surface area (Å²) >= 11 is 0. The van der Waals surface area contributed by atoms with Gasteiger partial charge in [-0.1, -0.05) is 48.5 Å². The molecule has 0 fully saturated rings. The summed E-state index contributed by atoms with van der Waals surface area (Å²) in [6.07, 6.45) is 3.55. The third-order valence-corrected chi connectivity index (χ3v) is 4.84. The van der Waals surface area contributed by atoms with E-state index in [-0.39, 0.29) is 11.9 Å². The van der Waals surface area contributed by atoms with Crippen molar-refractivity contribution in [3.05, 3.63) is 89.3 Å². The van der Waals surface area contributed by atoms with Crippen molar-refractivity contribution in [2.75, 3.05) is 0 Å². The lowest BCUT2D eigenvalue weighted by molar-refractivity contribution is -0.128. The van der Waals surface area contributed by atoms with Crippen LogP contribution in [0, 0.1) is 13.8 Å². The number of hydrogen-bond acceptors (Lipinski definition) is 2. The molecule has 1 amide bonds. The fraction of sp³-hybridized carbons (Fsp3) is 0.250. The third kappa shape index (κ3) is 4.39. The van der Waals surface area contributed by atoms with Gasteiger partial charge in [0, 0.05) is 29.9 Å². The Bertz CT molecular complexity index is 956. The predicted octanol–water partition coefficient (Wildman–Crippen LogP) is 4.94. The number of aryl methyl sites for hydroxylation is 1. The molecule has 1 aromatic heterocycles. The van der Waals surface area contributed by atoms with E-state index in [2.05, 4.69) is 5.10 Å². The van der Waals surface area contributed by atoms with Crippen LogP contribution in [0.3, 0.4) is 0 Å². The smallest absolute Gasteiger partial charge is 0.247 e. The second-order valence-corrected chi connectivity index (χ2v) is 7.21. The summed E-state index contributed by atoms with van der Waals surface area (Å²) < 4.78 is 1.92. The Labute approximate surface area is 167 Å². The molecule has 144 valence electrons. The SMILES string of the molecule is Cc1nn(-c2ccccc2)c(C)c1/C=C/C(=O)N(Cc1ccccc1)C(C)C. The normalized spacial score (nSPS) is 11.3. The Morgan fingerprint density at radius 2 is 1.64 bits per heavy atom. The van der Waals surface area contributed by atoms with Crippen molar-refractivity contribution >= 4 is 12.0 Å². The fourth-order valence-electron chi connectivity index (χ4n) is 3.26. The molecular formula is C24H27N3O. The van der Waals surface area contributed by atoms with Gasteiger partial charge >= 0.3 is 0 Å². The molecule has 2 aromatic carbocycles. The molecule has 0 N–H and O–H groups in total. The van der Waals surface area contributed by atoms with Crippen LogP contribution >= 0.6 is 0 Å². The third-order valence-electron chi connectivity index (χ3n) is 4.84. The molecule has 0 atom stereocenters. The second kappa shape index (κ2) is 8.70. The summed E-state index contributed by atoms with van der Waals surface area (Å²) in [4.78, 5) is 14.7. The maximum Gasteiger partial charge on any atom is 0.247 e. The summed E-state index contributed by atoms with van der Waals surface area (Å²) in [5.41, 5.74) is 5.06. The number of nitrogens with zero attached hydrogens (tertiary/aromatic N) is 3. The molecule has 0 unspecified atom stereocenters. The van der Waals surface area contributed by atoms with Crippen LogP contribution in [0.15, 0.2) is 66.7 Å². The first-order valence-corrected chi connectivity index (χ1v) is 9.61. The summed E-state index contributed by atoms with van der Waals surface area (Å²) in [5, 5.41) is 4.65. The Balaban J connectivity index is 1.82. The number of para-hydroxylation sites is 1. The zero-order valence-electron chi connectivity index (χ0n) is 17.0. The maximum absolute atomic E-state index is 12.9. The van der Waals surface area contributed by atoms with Crippen molar-refractivity contribution in [3.63, 3.8) is 0 Å². The average molecular weight is 374 g/mol. The molecule has 1 heterocycles. The number of benzene rings is 2. The van der Waals surface area contributed by atoms with Crippen LogP contribution in [-0.4, -0.2) is 26.6 Å². The molecule has 0 bridgehead atoms. The van der Waals surface area contributed by atoms with Crippen molar-refractivity contribution < 1.29 is 4.79 Å². The first-order chi connectivity index (χ1) is 13.5. The topological polar surface area (TPSA) is 38.1 Å². The standard InChI is InChI=1S/C24H27N3O/c1-18(2)26(17-21-11-7-5-8-12-21)24(28)16-15-23-19(3)25-27(20(23)4)22-13-9-6-10-14-22/h5-16,18H,17H2,1-4H3/b16-15+. The van der Waals surface area contributed by atoms with E-state index in [4.69, 9.17) is 0 Å². The largest absolute Gasteiger partial charge is 0.332 e. The van der Waals surface area contributed by atoms with Crippen molar-refractivity contribution in [2.24, 2.45) is 0 Å². The quantitative estimate of drug-likeness (QED) is 0.574. The van der Waals surface area contributed by atoms with Crippen molar-refractivity contribution in [1.29, 1.82) is 0 Å². The second-order valence-electron chi connectivity index (χ2n) is 7.21. The molecule has 0 saturated heterocycles. The van der Waals surface area contributed by atoms with Gasteiger partial charge in [-0.15, -0.1) is 0 Å². The molecule has 0 spiro atoms. The number of carbonyl (C=O) groups is 1. The number of aromatic nitrogens is 2. The number of hydrogen-bond donors (Lipinski definition) is 0. The minimum Gasteiger partial charge on any atom is -0.332 e. The van der Waals surface area contributed by atoms with Crippen molar-refractivity contribution in [3.8, 4) is 5.69 Å². The van der Waals surface area contributed by atoms with E-state index in [1.54, 1.807) is 6.08 Å². The Kier molecular flexibility index (Phi) is 6.09. The van der Waals surface area contributed by atoms with Gasteiger partial charge in [-0.05, 0) is 51.5 Å². The highest BCUT2D eigenvalue weighted by Gasteiger charge is 2.16. The van der Waals surface area contributed by atoms with Gasteiger partial charge in [0.2, 0.25) is 5.91 Å². The van der Waals surface area contributed by atoms with Gasteiger partial charge in [-0.3, -0.25) is 4.79 Å². The van der Waals surface area contributed by atoms with E-state index in [1.165, 1.54) is 0 Å². The first kappa shape index (κ1) is 19.6. The van der Waals surface area contributed by atoms with E-state index in [0.717, 1.165) is 28.2 Å². The van der Waals surface area contributed by atoms with Gasteiger partial charge in [0.1, 0.15) is 0 Å². The summed E-state index contributed by atoms with van der Waals surface area (Å²) in [6.45, 7) is 8.68. The van der Waals surface area contributed by atoms with Gasteiger partial charge in [0.05, 0.1) is 11.4 Å². The molecule has 3 rings (SSSR count). The highest BCUT2D eigenvalue weighted by atomic mass is 16.2. The average Bonchev–Trinajstić information content (AvgIpc) is 2.99. The summed E-state index contributed by atoms with van der Waals surface area (Å²) in [7, 11) is 0. The van der Waals surface area contributed by atoms with Crippen LogP contribution in [0.25, 0.3) is 11.8 Å². The fourth-order valence-corrected chi connectivity index (χ4v) is 3.26. The van der Waals surface area contributed by atoms with Gasteiger partial charge in [0.25, 0.3) is 0 Å². The lowest BCUT2D eigenvalue weighted by atomic mass is 10.1. The van der Waals surface area contributed by atoms with Gasteiger partial charge in [0.15, 0.2) is 0 Å². The monoisotopic (exact) mass is 373 g/mol. The predicted molar refractivity (Wildman–Crippen MR) is 114 cm³/mol. The Hall–Kier alpha value is -3.14. The lowest BCUT2D eigenvalue weighted by Gasteiger charge is -2.25. The number of carbonyl (C=O) groups excluding carboxylic acids is 1. The number of rotatable bonds is 6. The zero-order valence-corrected chi connectivity index (χ0v) is 17.0. The van der Waals surface area contributed by atoms with Crippen LogP contribution < -0.4 is 0 Å². The molecular weight excluding hydrogens is 346 g/mol. The minimum atomic E-state index is 0.00474. The molecule has 3 aromatic rings. The van der Waals surface area contributed by atoms with Crippen LogP contribution in [0.2, 0.25) is 0 Å². The molecule has 0 saturated carbocycles. The molecule has 0 radical (unpaired) electrons. The number of amides is 1. The van der Waals surface area contributed by atoms with E-state index < -0.39 is 0 Å². The highest BCUT2D eigenvalue weighted by Crippen LogP contribution is 2.19. The Morgan fingerprint density at radius 3 is 2.25 bits per heavy atom. The molecule has 28 heavy (non-hydrogen) atoms. The van der Waals surface area contributed by atoms with Crippen LogP contribution in [0.1, 0.15) is 36.4 Å². The highest BCUT2D eigenvalue weighted by molar-refractivity contribution is 5.92. The molecule has 0 aliphatic heterocycles. The molecule has 4 nitrogen and oxygen atoms in total. The first-order valence-electron chi connectivity index (χ1n) is 9.61. The van der Waals surface area contributed by atoms with Gasteiger partial charge < -0.3 is 4.90 Å². The van der Waals surface area contributed by atoms with Gasteiger partial charge in [-0.25, -0.2) is 4.68 Å². The van der Waals surface area contributed by atoms with E-state index in [9.17, 15) is 4.79 Å². The van der Waals surface area contributed by atoms with Crippen molar-refractivity contribution in [1.82, 2.24) is 14.7 Å². The van der Waals surface area contributed by atoms with Crippen LogP contribution in [0.5, 0.6) is 0 Å². The Morgan fingerprint density at radius 1 is 1.04 bits per heavy atom. The van der Waals surface area contributed by atoms with Gasteiger partial charge in [-0.2, -0.15) is 5.10 Å². The van der Waals surface area contributed by atoms with Crippen molar-refractivity contribution in [2.45, 2.75) is 40.3 Å². The molecule has 4 heteroatoms. The molecule has 0 aliphatic rings. The molecule has 0 aliphatic carbocycles. The van der Waals surface area contributed by atoms with Crippen LogP contribution in [0.4, 0.5) is 0 Å². The van der Waals surface area contributed by atoms with E-state index in [1.807, 2.05) is 104 Å². The van der Waals surface area contributed by atoms with Crippen LogP contribution in [-0.2, 0) is 11.3 Å². The lowest BCUT2D eigenvalue weighted by Crippen LogP contribution is -2.35. The summed E-state index contributed by atoms with van der Waals surface area (Å²) in [6, 6.07) is 20.2.